The minimum absolute atomic E-state index is 0.155. The van der Waals surface area contributed by atoms with Gasteiger partial charge in [-0.15, -0.1) is 0 Å². The molecular weight excluding hydrogens is 139 g/mol. The average Bonchev–Trinajstić information content (AvgIpc) is 2.29. The highest BCUT2D eigenvalue weighted by Crippen LogP contribution is 2.72. The first-order valence-corrected chi connectivity index (χ1v) is 4.66. The topological polar surface area (TPSA) is 0 Å². The van der Waals surface area contributed by atoms with E-state index in [1.807, 2.05) is 0 Å². The number of halogens is 1. The summed E-state index contributed by atoms with van der Waals surface area (Å²) in [7, 11) is 0. The zero-order valence-electron chi connectivity index (χ0n) is 7.65. The molecule has 1 spiro atoms. The van der Waals surface area contributed by atoms with Crippen molar-refractivity contribution in [1.29, 1.82) is 0 Å². The van der Waals surface area contributed by atoms with E-state index >= 15 is 0 Å². The lowest BCUT2D eigenvalue weighted by molar-refractivity contribution is 0.0660. The smallest absolute Gasteiger partial charge is 0.114 e. The van der Waals surface area contributed by atoms with Gasteiger partial charge in [-0.1, -0.05) is 13.8 Å². The van der Waals surface area contributed by atoms with Gasteiger partial charge in [0.15, 0.2) is 0 Å². The van der Waals surface area contributed by atoms with Gasteiger partial charge in [0.2, 0.25) is 0 Å². The Hall–Kier alpha value is -0.0700. The van der Waals surface area contributed by atoms with Crippen molar-refractivity contribution >= 4 is 0 Å². The van der Waals surface area contributed by atoms with E-state index < -0.39 is 5.67 Å². The normalized spacial score (nSPS) is 54.8. The Morgan fingerprint density at radius 3 is 2.09 bits per heavy atom. The molecule has 1 atom stereocenters. The molecule has 1 unspecified atom stereocenters. The third-order valence-corrected chi connectivity index (χ3v) is 3.90. The van der Waals surface area contributed by atoms with Crippen molar-refractivity contribution < 1.29 is 4.39 Å². The first-order valence-electron chi connectivity index (χ1n) is 4.66. The zero-order chi connectivity index (χ0) is 8.28. The predicted octanol–water partition coefficient (Wildman–Crippen LogP) is 3.17. The molecule has 2 saturated carbocycles. The van der Waals surface area contributed by atoms with Gasteiger partial charge in [0.25, 0.3) is 0 Å². The van der Waals surface area contributed by atoms with Crippen LogP contribution in [0.4, 0.5) is 4.39 Å². The number of rotatable bonds is 1. The van der Waals surface area contributed by atoms with Crippen LogP contribution in [0.5, 0.6) is 0 Å². The molecule has 0 N–H and O–H groups in total. The molecule has 2 fully saturated rings. The van der Waals surface area contributed by atoms with Crippen LogP contribution in [-0.2, 0) is 0 Å². The predicted molar refractivity (Wildman–Crippen MR) is 44.1 cm³/mol. The second-order valence-corrected chi connectivity index (χ2v) is 5.07. The van der Waals surface area contributed by atoms with Crippen molar-refractivity contribution in [1.82, 2.24) is 0 Å². The fourth-order valence-electron chi connectivity index (χ4n) is 2.58. The van der Waals surface area contributed by atoms with E-state index in [2.05, 4.69) is 13.8 Å². The summed E-state index contributed by atoms with van der Waals surface area (Å²) in [4.78, 5) is 0. The van der Waals surface area contributed by atoms with E-state index in [9.17, 15) is 4.39 Å². The molecule has 0 saturated heterocycles. The third kappa shape index (κ3) is 0.861. The van der Waals surface area contributed by atoms with Crippen molar-refractivity contribution in [3.05, 3.63) is 0 Å². The molecule has 0 aromatic rings. The minimum atomic E-state index is -0.793. The molecule has 0 nitrogen and oxygen atoms in total. The van der Waals surface area contributed by atoms with E-state index in [4.69, 9.17) is 0 Å². The van der Waals surface area contributed by atoms with E-state index in [0.29, 0.717) is 0 Å². The molecule has 2 rings (SSSR count). The van der Waals surface area contributed by atoms with E-state index in [-0.39, 0.29) is 5.41 Å². The van der Waals surface area contributed by atoms with Gasteiger partial charge >= 0.3 is 0 Å². The van der Waals surface area contributed by atoms with Crippen molar-refractivity contribution in [2.24, 2.45) is 17.3 Å². The lowest BCUT2D eigenvalue weighted by Gasteiger charge is -2.40. The Bertz CT molecular complexity index is 175. The summed E-state index contributed by atoms with van der Waals surface area (Å²) in [5, 5.41) is 0. The number of hydrogen-bond donors (Lipinski definition) is 0. The molecule has 0 heterocycles. The van der Waals surface area contributed by atoms with Crippen molar-refractivity contribution in [2.45, 2.75) is 45.7 Å². The van der Waals surface area contributed by atoms with E-state index in [0.717, 1.165) is 31.1 Å². The summed E-state index contributed by atoms with van der Waals surface area (Å²) >= 11 is 0. The lowest BCUT2D eigenvalue weighted by Crippen LogP contribution is -2.33. The van der Waals surface area contributed by atoms with E-state index in [1.54, 1.807) is 6.92 Å². The summed E-state index contributed by atoms with van der Waals surface area (Å²) in [6.07, 6.45) is 3.14. The van der Waals surface area contributed by atoms with E-state index in [1.165, 1.54) is 0 Å². The Morgan fingerprint density at radius 1 is 1.36 bits per heavy atom. The summed E-state index contributed by atoms with van der Waals surface area (Å²) in [6.45, 7) is 6.26. The van der Waals surface area contributed by atoms with Gasteiger partial charge in [-0.3, -0.25) is 0 Å². The molecule has 0 aliphatic heterocycles. The van der Waals surface area contributed by atoms with Crippen LogP contribution in [0.25, 0.3) is 0 Å². The standard InChI is InChI=1S/C10H17F/c1-7(2)8-4-10(5-8)6-9(10,3)11/h7-8H,4-6H2,1-3H3/t8-,9?,10-. The molecule has 2 aliphatic carbocycles. The van der Waals surface area contributed by atoms with Crippen LogP contribution in [0.3, 0.4) is 0 Å². The summed E-state index contributed by atoms with van der Waals surface area (Å²) in [5.41, 5.74) is -0.639. The Labute approximate surface area is 68.2 Å². The Kier molecular flexibility index (Phi) is 1.24. The second-order valence-electron chi connectivity index (χ2n) is 5.07. The van der Waals surface area contributed by atoms with Crippen LogP contribution in [0.2, 0.25) is 0 Å². The van der Waals surface area contributed by atoms with Crippen molar-refractivity contribution in [3.8, 4) is 0 Å². The maximum atomic E-state index is 13.3. The SMILES string of the molecule is CC(C)[C@H]1C[C@@]2(CC2(C)F)C1. The number of alkyl halides is 1. The lowest BCUT2D eigenvalue weighted by atomic mass is 9.65. The molecular formula is C10H17F. The van der Waals surface area contributed by atoms with Crippen LogP contribution in [0, 0.1) is 17.3 Å². The fraction of sp³-hybridized carbons (Fsp3) is 1.00. The van der Waals surface area contributed by atoms with Crippen LogP contribution in [0.1, 0.15) is 40.0 Å². The van der Waals surface area contributed by atoms with Gasteiger partial charge in [0.1, 0.15) is 5.67 Å². The average molecular weight is 156 g/mol. The second kappa shape index (κ2) is 1.81. The quantitative estimate of drug-likeness (QED) is 0.547. The molecule has 0 radical (unpaired) electrons. The molecule has 1 heteroatoms. The van der Waals surface area contributed by atoms with Crippen LogP contribution >= 0.6 is 0 Å². The molecule has 2 aliphatic rings. The first-order chi connectivity index (χ1) is 4.97. The monoisotopic (exact) mass is 156 g/mol. The van der Waals surface area contributed by atoms with Gasteiger partial charge in [0, 0.05) is 5.41 Å². The maximum absolute atomic E-state index is 13.3. The summed E-state index contributed by atoms with van der Waals surface area (Å²) in [6, 6.07) is 0. The molecule has 64 valence electrons. The first kappa shape index (κ1) is 7.57. The molecule has 0 aromatic carbocycles. The highest BCUT2D eigenvalue weighted by molar-refractivity contribution is 5.20. The van der Waals surface area contributed by atoms with Gasteiger partial charge in [-0.2, -0.15) is 0 Å². The largest absolute Gasteiger partial charge is 0.244 e. The maximum Gasteiger partial charge on any atom is 0.114 e. The number of hydrogen-bond acceptors (Lipinski definition) is 0. The van der Waals surface area contributed by atoms with Crippen molar-refractivity contribution in [3.63, 3.8) is 0 Å². The van der Waals surface area contributed by atoms with Crippen LogP contribution in [-0.4, -0.2) is 5.67 Å². The third-order valence-electron chi connectivity index (χ3n) is 3.90. The van der Waals surface area contributed by atoms with Crippen LogP contribution < -0.4 is 0 Å². The Morgan fingerprint density at radius 2 is 1.82 bits per heavy atom. The highest BCUT2D eigenvalue weighted by atomic mass is 19.1. The zero-order valence-corrected chi connectivity index (χ0v) is 7.65. The van der Waals surface area contributed by atoms with Gasteiger partial charge in [-0.05, 0) is 38.0 Å². The molecule has 0 bridgehead atoms. The fourth-order valence-corrected chi connectivity index (χ4v) is 2.58. The molecule has 0 amide bonds. The van der Waals surface area contributed by atoms with Gasteiger partial charge in [-0.25, -0.2) is 4.39 Å². The highest BCUT2D eigenvalue weighted by Gasteiger charge is 2.70. The minimum Gasteiger partial charge on any atom is -0.244 e. The summed E-state index contributed by atoms with van der Waals surface area (Å²) < 4.78 is 13.3. The van der Waals surface area contributed by atoms with Gasteiger partial charge < -0.3 is 0 Å². The summed E-state index contributed by atoms with van der Waals surface area (Å²) in [5.74, 6) is 1.57. The molecule has 11 heavy (non-hydrogen) atoms. The van der Waals surface area contributed by atoms with Crippen LogP contribution in [0.15, 0.2) is 0 Å². The van der Waals surface area contributed by atoms with Crippen molar-refractivity contribution in [2.75, 3.05) is 0 Å². The van der Waals surface area contributed by atoms with Gasteiger partial charge in [0.05, 0.1) is 0 Å². The Balaban J connectivity index is 1.90. The molecule has 0 aromatic heterocycles.